The Morgan fingerprint density at radius 2 is 1.97 bits per heavy atom. The third-order valence-electron chi connectivity index (χ3n) is 5.88. The van der Waals surface area contributed by atoms with Crippen molar-refractivity contribution in [3.8, 4) is 0 Å². The highest BCUT2D eigenvalue weighted by molar-refractivity contribution is 6.16. The van der Waals surface area contributed by atoms with Crippen LogP contribution in [0.15, 0.2) is 72.0 Å². The number of Topliss-reactive ketones (excluding diaryl/α,β-unsaturated/α-hetero) is 1. The Morgan fingerprint density at radius 3 is 2.81 bits per heavy atom. The highest BCUT2D eigenvalue weighted by atomic mass is 16.1. The second kappa shape index (κ2) is 7.91. The maximum absolute atomic E-state index is 12.6. The fourth-order valence-electron chi connectivity index (χ4n) is 4.29. The predicted octanol–water partition coefficient (Wildman–Crippen LogP) is 4.62. The zero-order valence-electron chi connectivity index (χ0n) is 17.7. The molecule has 4 aromatic rings. The van der Waals surface area contributed by atoms with Crippen molar-refractivity contribution < 1.29 is 4.79 Å². The molecular weight excluding hydrogens is 384 g/mol. The van der Waals surface area contributed by atoms with E-state index in [4.69, 9.17) is 4.99 Å². The SMILES string of the molecule is C[C@@H](CC(=O)Cc1cc2c(cn1)C(c1ccc3nn(C)cc3c1)=NC2)c1ccccc1. The van der Waals surface area contributed by atoms with Crippen molar-refractivity contribution in [2.45, 2.75) is 32.2 Å². The van der Waals surface area contributed by atoms with E-state index in [0.29, 0.717) is 19.4 Å². The largest absolute Gasteiger partial charge is 0.299 e. The molecule has 0 fully saturated rings. The first-order valence-electron chi connectivity index (χ1n) is 10.6. The summed E-state index contributed by atoms with van der Waals surface area (Å²) < 4.78 is 1.82. The minimum absolute atomic E-state index is 0.209. The number of benzene rings is 2. The van der Waals surface area contributed by atoms with Gasteiger partial charge in [-0.05, 0) is 35.2 Å². The van der Waals surface area contributed by atoms with E-state index in [0.717, 1.165) is 39.0 Å². The van der Waals surface area contributed by atoms with Crippen LogP contribution in [0.4, 0.5) is 0 Å². The monoisotopic (exact) mass is 408 g/mol. The number of aromatic nitrogens is 3. The lowest BCUT2D eigenvalue weighted by Gasteiger charge is -2.11. The van der Waals surface area contributed by atoms with Gasteiger partial charge in [-0.25, -0.2) is 0 Å². The van der Waals surface area contributed by atoms with Crippen LogP contribution in [0.1, 0.15) is 47.2 Å². The van der Waals surface area contributed by atoms with E-state index in [1.807, 2.05) is 54.5 Å². The predicted molar refractivity (Wildman–Crippen MR) is 122 cm³/mol. The number of ketones is 1. The number of pyridine rings is 1. The van der Waals surface area contributed by atoms with Crippen molar-refractivity contribution >= 4 is 22.4 Å². The Labute approximate surface area is 181 Å². The lowest BCUT2D eigenvalue weighted by Crippen LogP contribution is -2.10. The van der Waals surface area contributed by atoms with Crippen molar-refractivity contribution in [2.24, 2.45) is 12.0 Å². The minimum Gasteiger partial charge on any atom is -0.299 e. The minimum atomic E-state index is 0.209. The molecule has 0 aliphatic carbocycles. The van der Waals surface area contributed by atoms with Crippen LogP contribution in [0.5, 0.6) is 0 Å². The topological polar surface area (TPSA) is 60.1 Å². The number of carbonyl (C=O) groups excluding carboxylic acids is 1. The summed E-state index contributed by atoms with van der Waals surface area (Å²) in [6, 6.07) is 18.4. The number of fused-ring (bicyclic) bond motifs is 2. The van der Waals surface area contributed by atoms with E-state index in [1.165, 1.54) is 5.56 Å². The van der Waals surface area contributed by atoms with Gasteiger partial charge < -0.3 is 0 Å². The van der Waals surface area contributed by atoms with Crippen LogP contribution < -0.4 is 0 Å². The summed E-state index contributed by atoms with van der Waals surface area (Å²) in [7, 11) is 1.93. The Bertz CT molecular complexity index is 1300. The van der Waals surface area contributed by atoms with Crippen LogP contribution in [0.2, 0.25) is 0 Å². The van der Waals surface area contributed by atoms with E-state index >= 15 is 0 Å². The van der Waals surface area contributed by atoms with E-state index in [-0.39, 0.29) is 11.7 Å². The Balaban J connectivity index is 1.31. The summed E-state index contributed by atoms with van der Waals surface area (Å²) >= 11 is 0. The zero-order valence-corrected chi connectivity index (χ0v) is 17.7. The van der Waals surface area contributed by atoms with Gasteiger partial charge in [-0.1, -0.05) is 43.3 Å². The van der Waals surface area contributed by atoms with Crippen molar-refractivity contribution in [3.05, 3.63) is 94.9 Å². The number of nitrogens with zero attached hydrogens (tertiary/aromatic N) is 4. The van der Waals surface area contributed by atoms with Gasteiger partial charge in [-0.15, -0.1) is 0 Å². The fraction of sp³-hybridized carbons (Fsp3) is 0.231. The van der Waals surface area contributed by atoms with E-state index in [2.05, 4.69) is 41.3 Å². The maximum Gasteiger partial charge on any atom is 0.139 e. The molecule has 0 radical (unpaired) electrons. The molecule has 1 atom stereocenters. The lowest BCUT2D eigenvalue weighted by molar-refractivity contribution is -0.118. The van der Waals surface area contributed by atoms with Gasteiger partial charge in [0.05, 0.1) is 17.8 Å². The van der Waals surface area contributed by atoms with E-state index < -0.39 is 0 Å². The number of aliphatic imine (C=N–C) groups is 1. The van der Waals surface area contributed by atoms with Crippen molar-refractivity contribution in [1.82, 2.24) is 14.8 Å². The molecule has 2 aromatic carbocycles. The quantitative estimate of drug-likeness (QED) is 0.468. The Kier molecular flexibility index (Phi) is 4.94. The number of carbonyl (C=O) groups is 1. The van der Waals surface area contributed by atoms with E-state index in [9.17, 15) is 4.79 Å². The summed E-state index contributed by atoms with van der Waals surface area (Å²) in [5.41, 5.74) is 7.21. The summed E-state index contributed by atoms with van der Waals surface area (Å²) in [6.07, 6.45) is 4.77. The molecular formula is C26H24N4O. The van der Waals surface area contributed by atoms with Crippen LogP contribution in [-0.4, -0.2) is 26.3 Å². The molecule has 0 amide bonds. The first-order valence-corrected chi connectivity index (χ1v) is 10.6. The highest BCUT2D eigenvalue weighted by Gasteiger charge is 2.20. The molecule has 5 heteroatoms. The van der Waals surface area contributed by atoms with Gasteiger partial charge in [0.25, 0.3) is 0 Å². The first-order chi connectivity index (χ1) is 15.1. The van der Waals surface area contributed by atoms with Gasteiger partial charge in [0, 0.05) is 54.5 Å². The summed E-state index contributed by atoms with van der Waals surface area (Å²) in [6.45, 7) is 2.72. The van der Waals surface area contributed by atoms with Gasteiger partial charge in [-0.2, -0.15) is 5.10 Å². The molecule has 0 saturated carbocycles. The summed E-state index contributed by atoms with van der Waals surface area (Å²) in [5, 5.41) is 5.53. The smallest absolute Gasteiger partial charge is 0.139 e. The lowest BCUT2D eigenvalue weighted by atomic mass is 9.94. The number of rotatable bonds is 6. The number of hydrogen-bond donors (Lipinski definition) is 0. The first kappa shape index (κ1) is 19.4. The fourth-order valence-corrected chi connectivity index (χ4v) is 4.29. The highest BCUT2D eigenvalue weighted by Crippen LogP contribution is 2.26. The molecule has 3 heterocycles. The van der Waals surface area contributed by atoms with Gasteiger partial charge in [0.1, 0.15) is 5.78 Å². The van der Waals surface area contributed by atoms with Crippen molar-refractivity contribution in [1.29, 1.82) is 0 Å². The van der Waals surface area contributed by atoms with Gasteiger partial charge in [0.15, 0.2) is 0 Å². The molecule has 0 spiro atoms. The second-order valence-electron chi connectivity index (χ2n) is 8.31. The van der Waals surface area contributed by atoms with Crippen molar-refractivity contribution in [2.75, 3.05) is 0 Å². The Morgan fingerprint density at radius 1 is 1.13 bits per heavy atom. The van der Waals surface area contributed by atoms with Crippen LogP contribution in [0.25, 0.3) is 10.9 Å². The van der Waals surface area contributed by atoms with Gasteiger partial charge in [-0.3, -0.25) is 19.5 Å². The molecule has 2 aromatic heterocycles. The molecule has 1 aliphatic heterocycles. The van der Waals surface area contributed by atoms with Crippen LogP contribution in [0, 0.1) is 0 Å². The zero-order chi connectivity index (χ0) is 21.4. The molecule has 0 unspecified atom stereocenters. The Hall–Kier alpha value is -3.60. The van der Waals surface area contributed by atoms with Crippen LogP contribution >= 0.6 is 0 Å². The molecule has 0 saturated heterocycles. The molecule has 31 heavy (non-hydrogen) atoms. The molecule has 5 rings (SSSR count). The number of hydrogen-bond acceptors (Lipinski definition) is 4. The average molecular weight is 409 g/mol. The molecule has 1 aliphatic rings. The maximum atomic E-state index is 12.6. The van der Waals surface area contributed by atoms with Gasteiger partial charge >= 0.3 is 0 Å². The normalized spacial score (nSPS) is 13.8. The number of aryl methyl sites for hydroxylation is 1. The third kappa shape index (κ3) is 3.91. The van der Waals surface area contributed by atoms with Crippen LogP contribution in [-0.2, 0) is 24.8 Å². The summed E-state index contributed by atoms with van der Waals surface area (Å²) in [4.78, 5) is 22.0. The van der Waals surface area contributed by atoms with Gasteiger partial charge in [0.2, 0.25) is 0 Å². The van der Waals surface area contributed by atoms with Crippen molar-refractivity contribution in [3.63, 3.8) is 0 Å². The standard InChI is InChI=1S/C26H24N4O/c1-17(18-6-4-3-5-7-18)10-23(31)13-22-12-20-14-28-26(24(20)15-27-22)19-8-9-25-21(11-19)16-30(2)29-25/h3-9,11-12,15-17H,10,13-14H2,1-2H3/t17-/m0/s1. The summed E-state index contributed by atoms with van der Waals surface area (Å²) in [5.74, 6) is 0.422. The third-order valence-corrected chi connectivity index (χ3v) is 5.88. The second-order valence-corrected chi connectivity index (χ2v) is 8.31. The average Bonchev–Trinajstić information content (AvgIpc) is 3.35. The molecule has 0 bridgehead atoms. The molecule has 154 valence electrons. The molecule has 0 N–H and O–H groups in total. The van der Waals surface area contributed by atoms with Crippen LogP contribution in [0.3, 0.4) is 0 Å². The molecule has 5 nitrogen and oxygen atoms in total. The van der Waals surface area contributed by atoms with E-state index in [1.54, 1.807) is 0 Å².